The molecule has 2 aliphatic heterocycles. The number of hydrogen-bond acceptors (Lipinski definition) is 6. The van der Waals surface area contributed by atoms with E-state index >= 15 is 0 Å². The summed E-state index contributed by atoms with van der Waals surface area (Å²) in [6.07, 6.45) is 3.22. The first-order valence-corrected chi connectivity index (χ1v) is 12.6. The van der Waals surface area contributed by atoms with Gasteiger partial charge in [-0.1, -0.05) is 0 Å². The van der Waals surface area contributed by atoms with Gasteiger partial charge < -0.3 is 24.3 Å². The molecule has 0 aromatic carbocycles. The van der Waals surface area contributed by atoms with Gasteiger partial charge in [-0.05, 0) is 52.8 Å². The average Bonchev–Trinajstić information content (AvgIpc) is 3.54. The molecular weight excluding hydrogens is 462 g/mol. The van der Waals surface area contributed by atoms with E-state index < -0.39 is 17.7 Å². The number of aromatic nitrogens is 2. The Morgan fingerprint density at radius 2 is 1.78 bits per heavy atom. The number of furan rings is 1. The quantitative estimate of drug-likeness (QED) is 0.627. The van der Waals surface area contributed by atoms with Crippen molar-refractivity contribution in [1.82, 2.24) is 24.9 Å². The number of carbonyl (C=O) groups excluding carboxylic acids is 3. The summed E-state index contributed by atoms with van der Waals surface area (Å²) in [5.74, 6) is 1.16. The summed E-state index contributed by atoms with van der Waals surface area (Å²) in [6, 6.07) is 5.03. The first kappa shape index (κ1) is 25.8. The zero-order chi connectivity index (χ0) is 26.0. The van der Waals surface area contributed by atoms with Gasteiger partial charge in [0.15, 0.2) is 0 Å². The molecule has 2 saturated heterocycles. The first-order chi connectivity index (χ1) is 17.0. The van der Waals surface area contributed by atoms with Crippen molar-refractivity contribution in [2.24, 2.45) is 11.8 Å². The predicted octanol–water partition coefficient (Wildman–Crippen LogP) is 3.11. The van der Waals surface area contributed by atoms with E-state index in [0.717, 1.165) is 0 Å². The Balaban J connectivity index is 1.34. The van der Waals surface area contributed by atoms with E-state index in [0.29, 0.717) is 44.1 Å². The van der Waals surface area contributed by atoms with Gasteiger partial charge in [-0.15, -0.1) is 0 Å². The lowest BCUT2D eigenvalue weighted by atomic mass is 10.0. The molecular formula is C26H37N5O5. The summed E-state index contributed by atoms with van der Waals surface area (Å²) in [5, 5.41) is 7.12. The summed E-state index contributed by atoms with van der Waals surface area (Å²) in [5.41, 5.74) is -0.0294. The van der Waals surface area contributed by atoms with Crippen LogP contribution in [0.4, 0.5) is 4.79 Å². The third-order valence-corrected chi connectivity index (χ3v) is 6.67. The molecule has 10 heteroatoms. The van der Waals surface area contributed by atoms with Gasteiger partial charge in [0.25, 0.3) is 5.91 Å². The summed E-state index contributed by atoms with van der Waals surface area (Å²) >= 11 is 0. The summed E-state index contributed by atoms with van der Waals surface area (Å²) in [6.45, 7) is 11.9. The molecule has 2 aromatic rings. The second kappa shape index (κ2) is 10.4. The molecule has 2 fully saturated rings. The van der Waals surface area contributed by atoms with Crippen LogP contribution in [0.15, 0.2) is 35.1 Å². The van der Waals surface area contributed by atoms with Crippen molar-refractivity contribution in [3.63, 3.8) is 0 Å². The van der Waals surface area contributed by atoms with Crippen molar-refractivity contribution in [3.05, 3.63) is 42.1 Å². The minimum absolute atomic E-state index is 0.00597. The highest BCUT2D eigenvalue weighted by molar-refractivity contribution is 5.92. The van der Waals surface area contributed by atoms with Crippen LogP contribution in [0.25, 0.3) is 0 Å². The molecule has 0 radical (unpaired) electrons. The van der Waals surface area contributed by atoms with E-state index in [1.165, 1.54) is 0 Å². The Hall–Kier alpha value is -3.30. The second-order valence-electron chi connectivity index (χ2n) is 11.1. The minimum Gasteiger partial charge on any atom is -0.469 e. The molecule has 2 aromatic heterocycles. The number of carbonyl (C=O) groups is 3. The maximum absolute atomic E-state index is 13.2. The van der Waals surface area contributed by atoms with E-state index in [1.54, 1.807) is 50.0 Å². The lowest BCUT2D eigenvalue weighted by molar-refractivity contribution is -0.131. The highest BCUT2D eigenvalue weighted by Gasteiger charge is 2.43. The molecule has 2 unspecified atom stereocenters. The molecule has 0 saturated carbocycles. The number of hydrogen-bond donors (Lipinski definition) is 1. The van der Waals surface area contributed by atoms with Crippen molar-refractivity contribution in [2.45, 2.75) is 65.1 Å². The van der Waals surface area contributed by atoms with Crippen molar-refractivity contribution in [2.75, 3.05) is 26.2 Å². The number of likely N-dealkylation sites (tertiary alicyclic amines) is 2. The van der Waals surface area contributed by atoms with Crippen LogP contribution in [0.5, 0.6) is 0 Å². The fraction of sp³-hybridized carbons (Fsp3) is 0.615. The van der Waals surface area contributed by atoms with Crippen LogP contribution in [-0.2, 0) is 16.0 Å². The molecule has 4 heterocycles. The molecule has 1 N–H and O–H groups in total. The maximum atomic E-state index is 13.2. The molecule has 0 spiro atoms. The first-order valence-electron chi connectivity index (χ1n) is 12.6. The standard InChI is InChI=1S/C26H37N5O5/c1-17(2)31-22(8-9-27-31)24(33)30-15-18-13-29(14-19(18)16-30)23(32)12-20(11-21-7-6-10-35-21)28-25(34)36-26(3,4)5/h6-10,17-20H,11-16H2,1-5H3,(H,28,34)/t18?,19?,20-/m0/s1. The van der Waals surface area contributed by atoms with Gasteiger partial charge in [-0.3, -0.25) is 14.3 Å². The molecule has 10 nitrogen and oxygen atoms in total. The normalized spacial score (nSPS) is 20.5. The lowest BCUT2D eigenvalue weighted by Gasteiger charge is -2.26. The number of fused-ring (bicyclic) bond motifs is 1. The Morgan fingerprint density at radius 3 is 2.36 bits per heavy atom. The van der Waals surface area contributed by atoms with Gasteiger partial charge in [0, 0.05) is 69.1 Å². The minimum atomic E-state index is -0.633. The molecule has 0 bridgehead atoms. The lowest BCUT2D eigenvalue weighted by Crippen LogP contribution is -2.44. The number of alkyl carbamates (subject to hydrolysis) is 1. The van der Waals surface area contributed by atoms with Gasteiger partial charge in [0.05, 0.1) is 6.26 Å². The van der Waals surface area contributed by atoms with E-state index in [2.05, 4.69) is 10.4 Å². The third-order valence-electron chi connectivity index (χ3n) is 6.67. The van der Waals surface area contributed by atoms with Gasteiger partial charge in [0.2, 0.25) is 5.91 Å². The van der Waals surface area contributed by atoms with E-state index in [9.17, 15) is 14.4 Å². The highest BCUT2D eigenvalue weighted by atomic mass is 16.6. The fourth-order valence-electron chi connectivity index (χ4n) is 5.08. The smallest absolute Gasteiger partial charge is 0.407 e. The largest absolute Gasteiger partial charge is 0.469 e. The van der Waals surface area contributed by atoms with Gasteiger partial charge in [-0.2, -0.15) is 5.10 Å². The number of rotatable bonds is 7. The maximum Gasteiger partial charge on any atom is 0.407 e. The van der Waals surface area contributed by atoms with Crippen LogP contribution < -0.4 is 5.32 Å². The van der Waals surface area contributed by atoms with Crippen LogP contribution >= 0.6 is 0 Å². The van der Waals surface area contributed by atoms with Crippen LogP contribution in [0, 0.1) is 11.8 Å². The van der Waals surface area contributed by atoms with E-state index in [4.69, 9.17) is 9.15 Å². The number of ether oxygens (including phenoxy) is 1. The van der Waals surface area contributed by atoms with Crippen LogP contribution in [0.2, 0.25) is 0 Å². The molecule has 2 aliphatic rings. The average molecular weight is 500 g/mol. The molecule has 4 rings (SSSR count). The zero-order valence-corrected chi connectivity index (χ0v) is 21.8. The van der Waals surface area contributed by atoms with Crippen LogP contribution in [0.1, 0.15) is 63.3 Å². The van der Waals surface area contributed by atoms with Crippen LogP contribution in [-0.4, -0.2) is 75.3 Å². The predicted molar refractivity (Wildman–Crippen MR) is 132 cm³/mol. The molecule has 3 amide bonds. The van der Waals surface area contributed by atoms with Gasteiger partial charge in [0.1, 0.15) is 17.1 Å². The van der Waals surface area contributed by atoms with E-state index in [-0.39, 0.29) is 36.1 Å². The Labute approximate surface area is 211 Å². The number of nitrogens with zero attached hydrogens (tertiary/aromatic N) is 4. The van der Waals surface area contributed by atoms with Gasteiger partial charge in [-0.25, -0.2) is 4.79 Å². The Kier molecular flexibility index (Phi) is 7.42. The highest BCUT2D eigenvalue weighted by Crippen LogP contribution is 2.32. The number of amides is 3. The fourth-order valence-corrected chi connectivity index (χ4v) is 5.08. The van der Waals surface area contributed by atoms with E-state index in [1.807, 2.05) is 29.7 Å². The van der Waals surface area contributed by atoms with Crippen LogP contribution in [0.3, 0.4) is 0 Å². The summed E-state index contributed by atoms with van der Waals surface area (Å²) in [7, 11) is 0. The van der Waals surface area contributed by atoms with Gasteiger partial charge >= 0.3 is 6.09 Å². The molecule has 0 aliphatic carbocycles. The molecule has 36 heavy (non-hydrogen) atoms. The van der Waals surface area contributed by atoms with Crippen molar-refractivity contribution >= 4 is 17.9 Å². The Morgan fingerprint density at radius 1 is 1.11 bits per heavy atom. The number of nitrogens with one attached hydrogen (secondary N) is 1. The Bertz CT molecular complexity index is 1060. The summed E-state index contributed by atoms with van der Waals surface area (Å²) < 4.78 is 12.6. The molecule has 196 valence electrons. The van der Waals surface area contributed by atoms with Crippen molar-refractivity contribution in [1.29, 1.82) is 0 Å². The van der Waals surface area contributed by atoms with Crippen molar-refractivity contribution < 1.29 is 23.5 Å². The topological polar surface area (TPSA) is 110 Å². The zero-order valence-electron chi connectivity index (χ0n) is 21.8. The SMILES string of the molecule is CC(C)n1nccc1C(=O)N1CC2CN(C(=O)C[C@H](Cc3ccco3)NC(=O)OC(C)(C)C)CC2C1. The monoisotopic (exact) mass is 499 g/mol. The second-order valence-corrected chi connectivity index (χ2v) is 11.1. The summed E-state index contributed by atoms with van der Waals surface area (Å²) in [4.78, 5) is 42.5. The molecule has 3 atom stereocenters. The van der Waals surface area contributed by atoms with Crippen molar-refractivity contribution in [3.8, 4) is 0 Å². The third kappa shape index (κ3) is 6.09.